The summed E-state index contributed by atoms with van der Waals surface area (Å²) in [5.74, 6) is 1.53. The Balaban J connectivity index is 1.70. The Labute approximate surface area is 166 Å². The van der Waals surface area contributed by atoms with Crippen LogP contribution in [0, 0.1) is 0 Å². The lowest BCUT2D eigenvalue weighted by Gasteiger charge is -2.41. The monoisotopic (exact) mass is 422 g/mol. The fourth-order valence-corrected chi connectivity index (χ4v) is 5.36. The van der Waals surface area contributed by atoms with Gasteiger partial charge in [-0.25, -0.2) is 18.4 Å². The minimum Gasteiger partial charge on any atom is -0.394 e. The van der Waals surface area contributed by atoms with Crippen LogP contribution < -0.4 is 10.0 Å². The zero-order valence-electron chi connectivity index (χ0n) is 15.4. The molecule has 8 nitrogen and oxygen atoms in total. The van der Waals surface area contributed by atoms with E-state index in [9.17, 15) is 17.7 Å². The van der Waals surface area contributed by atoms with E-state index in [-0.39, 0.29) is 6.61 Å². The first-order chi connectivity index (χ1) is 13.3. The first-order valence-corrected chi connectivity index (χ1v) is 12.3. The average molecular weight is 423 g/mol. The number of benzene rings is 1. The summed E-state index contributed by atoms with van der Waals surface area (Å²) >= 11 is 0. The molecular formula is C18H22N4O4S2. The molecule has 1 fully saturated rings. The molecule has 0 saturated heterocycles. The van der Waals surface area contributed by atoms with E-state index in [1.807, 2.05) is 0 Å². The largest absolute Gasteiger partial charge is 0.394 e. The van der Waals surface area contributed by atoms with Crippen molar-refractivity contribution in [1.82, 2.24) is 9.97 Å². The van der Waals surface area contributed by atoms with Gasteiger partial charge >= 0.3 is 0 Å². The van der Waals surface area contributed by atoms with Gasteiger partial charge in [-0.05, 0) is 43.5 Å². The molecule has 2 heterocycles. The van der Waals surface area contributed by atoms with Crippen molar-refractivity contribution in [3.05, 3.63) is 30.0 Å². The molecule has 150 valence electrons. The number of sulfonamides is 1. The predicted octanol–water partition coefficient (Wildman–Crippen LogP) is 1.51. The van der Waals surface area contributed by atoms with Gasteiger partial charge in [0.15, 0.2) is 5.82 Å². The smallest absolute Gasteiger partial charge is 0.229 e. The zero-order valence-corrected chi connectivity index (χ0v) is 17.1. The molecule has 2 aliphatic rings. The van der Waals surface area contributed by atoms with Crippen molar-refractivity contribution in [2.24, 2.45) is 0 Å². The normalized spacial score (nSPS) is 20.3. The van der Waals surface area contributed by atoms with Gasteiger partial charge in [-0.1, -0.05) is 0 Å². The maximum atomic E-state index is 12.5. The molecule has 1 atom stereocenters. The molecule has 1 aromatic carbocycles. The minimum atomic E-state index is -3.34. The maximum absolute atomic E-state index is 12.5. The number of aryl methyl sites for hydroxylation is 1. The second-order valence-corrected chi connectivity index (χ2v) is 10.6. The van der Waals surface area contributed by atoms with Crippen LogP contribution in [0.2, 0.25) is 0 Å². The van der Waals surface area contributed by atoms with Gasteiger partial charge < -0.3 is 10.4 Å². The number of anilines is 2. The van der Waals surface area contributed by atoms with Crippen molar-refractivity contribution in [1.29, 1.82) is 0 Å². The molecule has 0 unspecified atom stereocenters. The van der Waals surface area contributed by atoms with Crippen LogP contribution in [0.5, 0.6) is 0 Å². The van der Waals surface area contributed by atoms with E-state index in [1.165, 1.54) is 0 Å². The topological polar surface area (TPSA) is 121 Å². The summed E-state index contributed by atoms with van der Waals surface area (Å²) in [4.78, 5) is 9.85. The van der Waals surface area contributed by atoms with Crippen molar-refractivity contribution in [3.63, 3.8) is 0 Å². The number of aliphatic hydroxyl groups excluding tert-OH is 1. The lowest BCUT2D eigenvalue weighted by Crippen LogP contribution is -2.48. The zero-order chi connectivity index (χ0) is 19.9. The Morgan fingerprint density at radius 1 is 1.21 bits per heavy atom. The lowest BCUT2D eigenvalue weighted by molar-refractivity contribution is 0.143. The third-order valence-electron chi connectivity index (χ3n) is 5.13. The SMILES string of the molecule is CS(=O)(=O)Nc1ccc(-c2nc3c(c(NC4(CO)CCC4)n2)[S@](=O)CC3)cc1. The average Bonchev–Trinajstić information content (AvgIpc) is 2.98. The summed E-state index contributed by atoms with van der Waals surface area (Å²) in [5.41, 5.74) is 1.54. The Kier molecular flexibility index (Phi) is 4.88. The van der Waals surface area contributed by atoms with E-state index in [2.05, 4.69) is 20.0 Å². The first kappa shape index (κ1) is 19.3. The van der Waals surface area contributed by atoms with Gasteiger partial charge in [0.1, 0.15) is 10.7 Å². The molecule has 28 heavy (non-hydrogen) atoms. The second-order valence-electron chi connectivity index (χ2n) is 7.34. The molecule has 10 heteroatoms. The molecule has 1 saturated carbocycles. The summed E-state index contributed by atoms with van der Waals surface area (Å²) in [6.45, 7) is -0.000394. The van der Waals surface area contributed by atoms with Crippen LogP contribution >= 0.6 is 0 Å². The Morgan fingerprint density at radius 2 is 1.93 bits per heavy atom. The molecule has 1 aromatic heterocycles. The van der Waals surface area contributed by atoms with E-state index < -0.39 is 26.4 Å². The number of hydrogen-bond donors (Lipinski definition) is 3. The standard InChI is InChI=1S/C18H22N4O4S2/c1-28(25,26)22-13-5-3-12(4-6-13)16-19-14-7-10-27(24)15(14)17(20-16)21-18(11-23)8-2-9-18/h3-6,22-23H,2,7-11H2,1H3,(H,19,20,21)/t27-/m1/s1. The summed E-state index contributed by atoms with van der Waals surface area (Å²) in [7, 11) is -4.49. The van der Waals surface area contributed by atoms with Gasteiger partial charge in [-0.15, -0.1) is 0 Å². The Bertz CT molecular complexity index is 1030. The van der Waals surface area contributed by atoms with Gasteiger partial charge in [0.25, 0.3) is 0 Å². The van der Waals surface area contributed by atoms with Crippen LogP contribution in [0.3, 0.4) is 0 Å². The van der Waals surface area contributed by atoms with Crippen molar-refractivity contribution in [2.75, 3.05) is 28.7 Å². The number of rotatable bonds is 6. The molecule has 0 amide bonds. The first-order valence-electron chi connectivity index (χ1n) is 9.05. The molecule has 2 aromatic rings. The molecule has 3 N–H and O–H groups in total. The Morgan fingerprint density at radius 3 is 2.50 bits per heavy atom. The number of nitrogens with zero attached hydrogens (tertiary/aromatic N) is 2. The number of nitrogens with one attached hydrogen (secondary N) is 2. The number of fused-ring (bicyclic) bond motifs is 1. The van der Waals surface area contributed by atoms with E-state index in [0.717, 1.165) is 36.8 Å². The molecule has 4 rings (SSSR count). The van der Waals surface area contributed by atoms with Gasteiger partial charge in [0.2, 0.25) is 10.0 Å². The molecule has 0 bridgehead atoms. The fraction of sp³-hybridized carbons (Fsp3) is 0.444. The highest BCUT2D eigenvalue weighted by atomic mass is 32.2. The van der Waals surface area contributed by atoms with Gasteiger partial charge in [0.05, 0.1) is 34.9 Å². The third-order valence-corrected chi connectivity index (χ3v) is 7.20. The number of aromatic nitrogens is 2. The van der Waals surface area contributed by atoms with E-state index >= 15 is 0 Å². The summed E-state index contributed by atoms with van der Waals surface area (Å²) in [5, 5.41) is 13.1. The van der Waals surface area contributed by atoms with Crippen LogP contribution in [0.1, 0.15) is 25.0 Å². The predicted molar refractivity (Wildman–Crippen MR) is 108 cm³/mol. The Hall–Kier alpha value is -2.04. The van der Waals surface area contributed by atoms with Crippen LogP contribution in [0.4, 0.5) is 11.5 Å². The van der Waals surface area contributed by atoms with Crippen molar-refractivity contribution >= 4 is 32.3 Å². The van der Waals surface area contributed by atoms with Gasteiger partial charge in [0, 0.05) is 23.4 Å². The van der Waals surface area contributed by atoms with E-state index in [1.54, 1.807) is 24.3 Å². The second kappa shape index (κ2) is 7.09. The van der Waals surface area contributed by atoms with Crippen LogP contribution in [-0.4, -0.2) is 51.9 Å². The highest BCUT2D eigenvalue weighted by Crippen LogP contribution is 2.38. The number of aliphatic hydroxyl groups is 1. The van der Waals surface area contributed by atoms with Crippen molar-refractivity contribution < 1.29 is 17.7 Å². The molecule has 1 aliphatic carbocycles. The fourth-order valence-electron chi connectivity index (χ4n) is 3.49. The highest BCUT2D eigenvalue weighted by Gasteiger charge is 2.38. The molecule has 1 aliphatic heterocycles. The van der Waals surface area contributed by atoms with Crippen LogP contribution in [-0.2, 0) is 27.2 Å². The lowest BCUT2D eigenvalue weighted by atomic mass is 9.77. The molecule has 0 spiro atoms. The minimum absolute atomic E-state index is 0.000394. The summed E-state index contributed by atoms with van der Waals surface area (Å²) in [6.07, 6.45) is 4.43. The highest BCUT2D eigenvalue weighted by molar-refractivity contribution is 7.92. The quantitative estimate of drug-likeness (QED) is 0.645. The third kappa shape index (κ3) is 3.76. The summed E-state index contributed by atoms with van der Waals surface area (Å²) in [6, 6.07) is 6.80. The summed E-state index contributed by atoms with van der Waals surface area (Å²) < 4.78 is 37.6. The van der Waals surface area contributed by atoms with Crippen molar-refractivity contribution in [2.45, 2.75) is 36.1 Å². The molecule has 0 radical (unpaired) electrons. The van der Waals surface area contributed by atoms with Crippen molar-refractivity contribution in [3.8, 4) is 11.4 Å². The number of hydrogen-bond acceptors (Lipinski definition) is 7. The van der Waals surface area contributed by atoms with E-state index in [4.69, 9.17) is 0 Å². The van der Waals surface area contributed by atoms with Crippen LogP contribution in [0.25, 0.3) is 11.4 Å². The van der Waals surface area contributed by atoms with Gasteiger partial charge in [-0.3, -0.25) is 8.93 Å². The van der Waals surface area contributed by atoms with E-state index in [0.29, 0.717) is 34.4 Å². The maximum Gasteiger partial charge on any atom is 0.229 e. The van der Waals surface area contributed by atoms with Crippen LogP contribution in [0.15, 0.2) is 29.2 Å². The molecular weight excluding hydrogens is 400 g/mol. The van der Waals surface area contributed by atoms with Gasteiger partial charge in [-0.2, -0.15) is 0 Å².